The molecule has 0 atom stereocenters. The van der Waals surface area contributed by atoms with Gasteiger partial charge in [-0.1, -0.05) is 24.6 Å². The van der Waals surface area contributed by atoms with Crippen LogP contribution in [0.25, 0.3) is 0 Å². The lowest BCUT2D eigenvalue weighted by atomic mass is 10.1. The number of aryl methyl sites for hydroxylation is 1. The molecule has 0 amide bonds. The maximum absolute atomic E-state index is 13.0. The van der Waals surface area contributed by atoms with Gasteiger partial charge in [0.05, 0.1) is 29.6 Å². The molecule has 0 spiro atoms. The highest BCUT2D eigenvalue weighted by molar-refractivity contribution is 7.89. The highest BCUT2D eigenvalue weighted by Crippen LogP contribution is 2.26. The van der Waals surface area contributed by atoms with E-state index in [0.717, 1.165) is 24.8 Å². The van der Waals surface area contributed by atoms with Crippen molar-refractivity contribution in [3.05, 3.63) is 46.8 Å². The van der Waals surface area contributed by atoms with E-state index >= 15 is 0 Å². The minimum Gasteiger partial charge on any atom is -0.264 e. The van der Waals surface area contributed by atoms with Crippen LogP contribution in [0.2, 0.25) is 0 Å². The molecule has 1 aliphatic heterocycles. The van der Waals surface area contributed by atoms with Crippen LogP contribution in [0.1, 0.15) is 41.8 Å². The van der Waals surface area contributed by atoms with Crippen molar-refractivity contribution in [3.8, 4) is 6.07 Å². The van der Waals surface area contributed by atoms with E-state index in [9.17, 15) is 13.7 Å². The van der Waals surface area contributed by atoms with Crippen molar-refractivity contribution in [1.82, 2.24) is 14.1 Å². The molecule has 0 saturated carbocycles. The van der Waals surface area contributed by atoms with Crippen LogP contribution in [0.15, 0.2) is 29.2 Å². The average molecular weight is 358 g/mol. The molecule has 0 N–H and O–H groups in total. The summed E-state index contributed by atoms with van der Waals surface area (Å²) in [7, 11) is -3.53. The van der Waals surface area contributed by atoms with Crippen molar-refractivity contribution in [2.45, 2.75) is 44.6 Å². The van der Waals surface area contributed by atoms with Crippen LogP contribution < -0.4 is 0 Å². The van der Waals surface area contributed by atoms with Gasteiger partial charge < -0.3 is 0 Å². The van der Waals surface area contributed by atoms with Gasteiger partial charge >= 0.3 is 0 Å². The van der Waals surface area contributed by atoms with Gasteiger partial charge in [0, 0.05) is 13.1 Å². The zero-order valence-electron chi connectivity index (χ0n) is 14.6. The first-order valence-corrected chi connectivity index (χ1v) is 9.91. The number of rotatable bonds is 4. The topological polar surface area (TPSA) is 79.0 Å². The van der Waals surface area contributed by atoms with Crippen LogP contribution in [0.4, 0.5) is 0 Å². The van der Waals surface area contributed by atoms with Crippen LogP contribution in [0, 0.1) is 25.2 Å². The van der Waals surface area contributed by atoms with Crippen molar-refractivity contribution in [1.29, 1.82) is 5.26 Å². The summed E-state index contributed by atoms with van der Waals surface area (Å²) in [6.45, 7) is 5.04. The Labute approximate surface area is 148 Å². The van der Waals surface area contributed by atoms with Gasteiger partial charge in [-0.25, -0.2) is 8.42 Å². The highest BCUT2D eigenvalue weighted by Gasteiger charge is 2.31. The largest absolute Gasteiger partial charge is 0.264 e. The molecule has 2 aromatic rings. The van der Waals surface area contributed by atoms with E-state index in [2.05, 4.69) is 11.2 Å². The first-order valence-electron chi connectivity index (χ1n) is 8.47. The van der Waals surface area contributed by atoms with Gasteiger partial charge in [0.25, 0.3) is 0 Å². The number of nitrogens with zero attached hydrogens (tertiary/aromatic N) is 4. The first kappa shape index (κ1) is 17.6. The van der Waals surface area contributed by atoms with Gasteiger partial charge in [-0.3, -0.25) is 4.68 Å². The molecule has 1 aromatic carbocycles. The molecular formula is C18H22N4O2S. The zero-order chi connectivity index (χ0) is 18.0. The molecule has 6 nitrogen and oxygen atoms in total. The lowest BCUT2D eigenvalue weighted by molar-refractivity contribution is 0.346. The van der Waals surface area contributed by atoms with E-state index < -0.39 is 10.0 Å². The number of nitriles is 1. The van der Waals surface area contributed by atoms with Gasteiger partial charge in [0.2, 0.25) is 10.0 Å². The Morgan fingerprint density at radius 3 is 2.52 bits per heavy atom. The number of hydrogen-bond donors (Lipinski definition) is 0. The summed E-state index contributed by atoms with van der Waals surface area (Å²) >= 11 is 0. The quantitative estimate of drug-likeness (QED) is 0.841. The molecule has 1 aromatic heterocycles. The molecule has 1 aliphatic rings. The molecule has 7 heteroatoms. The Balaban J connectivity index is 1.97. The maximum atomic E-state index is 13.0. The van der Waals surface area contributed by atoms with Crippen molar-refractivity contribution in [2.75, 3.05) is 13.1 Å². The molecular weight excluding hydrogens is 336 g/mol. The van der Waals surface area contributed by atoms with Gasteiger partial charge in [-0.15, -0.1) is 0 Å². The third-order valence-electron chi connectivity index (χ3n) is 4.69. The lowest BCUT2D eigenvalue weighted by Crippen LogP contribution is -2.36. The Morgan fingerprint density at radius 1 is 1.16 bits per heavy atom. The summed E-state index contributed by atoms with van der Waals surface area (Å²) in [5.74, 6) is 0. The normalized spacial score (nSPS) is 15.9. The number of hydrogen-bond acceptors (Lipinski definition) is 4. The Morgan fingerprint density at radius 2 is 1.84 bits per heavy atom. The molecule has 0 aliphatic carbocycles. The summed E-state index contributed by atoms with van der Waals surface area (Å²) in [5, 5.41) is 13.7. The van der Waals surface area contributed by atoms with E-state index in [1.807, 2.05) is 18.2 Å². The van der Waals surface area contributed by atoms with E-state index in [0.29, 0.717) is 41.5 Å². The highest BCUT2D eigenvalue weighted by atomic mass is 32.2. The second kappa shape index (κ2) is 6.98. The fraction of sp³-hybridized carbons (Fsp3) is 0.444. The summed E-state index contributed by atoms with van der Waals surface area (Å²) in [4.78, 5) is 0.309. The second-order valence-electron chi connectivity index (χ2n) is 6.39. The number of sulfonamides is 1. The van der Waals surface area contributed by atoms with E-state index in [1.54, 1.807) is 28.9 Å². The lowest BCUT2D eigenvalue weighted by Gasteiger charge is -2.26. The Bertz CT molecular complexity index is 919. The van der Waals surface area contributed by atoms with Gasteiger partial charge in [0.15, 0.2) is 0 Å². The van der Waals surface area contributed by atoms with Crippen LogP contribution in [-0.4, -0.2) is 35.6 Å². The predicted molar refractivity (Wildman–Crippen MR) is 94.6 cm³/mol. The minimum absolute atomic E-state index is 0.309. The van der Waals surface area contributed by atoms with Crippen molar-refractivity contribution in [3.63, 3.8) is 0 Å². The van der Waals surface area contributed by atoms with Crippen molar-refractivity contribution < 1.29 is 8.42 Å². The molecule has 0 bridgehead atoms. The van der Waals surface area contributed by atoms with Crippen LogP contribution >= 0.6 is 0 Å². The average Bonchev–Trinajstić information content (AvgIpc) is 2.90. The third-order valence-corrected chi connectivity index (χ3v) is 6.84. The third kappa shape index (κ3) is 3.32. The second-order valence-corrected chi connectivity index (χ2v) is 8.27. The Kier molecular flexibility index (Phi) is 4.93. The summed E-state index contributed by atoms with van der Waals surface area (Å²) < 4.78 is 29.3. The Hall–Kier alpha value is -2.17. The maximum Gasteiger partial charge on any atom is 0.246 e. The number of aromatic nitrogens is 2. The van der Waals surface area contributed by atoms with Gasteiger partial charge in [0.1, 0.15) is 4.90 Å². The van der Waals surface area contributed by atoms with E-state index in [-0.39, 0.29) is 0 Å². The van der Waals surface area contributed by atoms with Crippen LogP contribution in [0.5, 0.6) is 0 Å². The van der Waals surface area contributed by atoms with Crippen LogP contribution in [0.3, 0.4) is 0 Å². The molecule has 1 fully saturated rings. The van der Waals surface area contributed by atoms with Crippen molar-refractivity contribution >= 4 is 10.0 Å². The monoisotopic (exact) mass is 358 g/mol. The van der Waals surface area contributed by atoms with Gasteiger partial charge in [-0.05, 0) is 38.3 Å². The molecule has 0 radical (unpaired) electrons. The molecule has 3 rings (SSSR count). The summed E-state index contributed by atoms with van der Waals surface area (Å²) in [5.41, 5.74) is 2.54. The predicted octanol–water partition coefficient (Wildman–Crippen LogP) is 2.59. The molecule has 1 saturated heterocycles. The molecule has 2 heterocycles. The smallest absolute Gasteiger partial charge is 0.246 e. The summed E-state index contributed by atoms with van der Waals surface area (Å²) in [6, 6.07) is 9.48. The first-order chi connectivity index (χ1) is 11.9. The summed E-state index contributed by atoms with van der Waals surface area (Å²) in [6.07, 6.45) is 2.89. The van der Waals surface area contributed by atoms with E-state index in [1.165, 1.54) is 0 Å². The van der Waals surface area contributed by atoms with Crippen LogP contribution in [-0.2, 0) is 16.6 Å². The fourth-order valence-electron chi connectivity index (χ4n) is 3.37. The number of benzene rings is 1. The number of piperidine rings is 1. The van der Waals surface area contributed by atoms with Gasteiger partial charge in [-0.2, -0.15) is 14.7 Å². The molecule has 0 unspecified atom stereocenters. The molecule has 132 valence electrons. The fourth-order valence-corrected chi connectivity index (χ4v) is 5.26. The standard InChI is InChI=1S/C18H22N4O2S/c1-14-18(25(23,24)21-10-6-3-7-11-21)15(2)22(20-14)13-17-9-5-4-8-16(17)12-19/h4-5,8-9H,3,6-7,10-11,13H2,1-2H3. The SMILES string of the molecule is Cc1nn(Cc2ccccc2C#N)c(C)c1S(=O)(=O)N1CCCCC1. The van der Waals surface area contributed by atoms with E-state index in [4.69, 9.17) is 0 Å². The molecule has 25 heavy (non-hydrogen) atoms. The zero-order valence-corrected chi connectivity index (χ0v) is 15.4. The minimum atomic E-state index is -3.53. The van der Waals surface area contributed by atoms with Crippen molar-refractivity contribution in [2.24, 2.45) is 0 Å².